The van der Waals surface area contributed by atoms with Crippen LogP contribution >= 0.6 is 0 Å². The van der Waals surface area contributed by atoms with E-state index in [1.165, 1.54) is 0 Å². The van der Waals surface area contributed by atoms with Gasteiger partial charge in [-0.25, -0.2) is 4.79 Å². The van der Waals surface area contributed by atoms with Crippen LogP contribution in [0.15, 0.2) is 36.4 Å². The minimum atomic E-state index is -1.28. The average molecular weight is 476 g/mol. The molecule has 2 aromatic carbocycles. The Bertz CT molecular complexity index is 1030. The van der Waals surface area contributed by atoms with E-state index in [2.05, 4.69) is 0 Å². The molecule has 0 aliphatic rings. The van der Waals surface area contributed by atoms with Gasteiger partial charge in [0.05, 0.1) is 9.85 Å². The zero-order valence-electron chi connectivity index (χ0n) is 18.2. The number of carbonyl (C=O) groups excluding carboxylic acids is 3. The molecule has 2 aromatic rings. The van der Waals surface area contributed by atoms with Crippen LogP contribution in [0.2, 0.25) is 0 Å². The number of hydrogen-bond donors (Lipinski definition) is 0. The number of esters is 2. The molecule has 0 heterocycles. The fraction of sp³-hybridized carbons (Fsp3) is 0.286. The van der Waals surface area contributed by atoms with Gasteiger partial charge >= 0.3 is 18.1 Å². The number of nitrogens with zero attached hydrogens (tertiary/aromatic N) is 2. The molecule has 0 aliphatic heterocycles. The first-order valence-corrected chi connectivity index (χ1v) is 9.90. The highest BCUT2D eigenvalue weighted by Gasteiger charge is 2.20. The summed E-state index contributed by atoms with van der Waals surface area (Å²) in [5, 5.41) is 22.1. The minimum absolute atomic E-state index is 0.0359. The molecular formula is C21H20N2O11. The van der Waals surface area contributed by atoms with Gasteiger partial charge in [0.25, 0.3) is 11.4 Å². The molecule has 0 spiro atoms. The van der Waals surface area contributed by atoms with E-state index in [1.807, 2.05) is 0 Å². The van der Waals surface area contributed by atoms with Gasteiger partial charge in [-0.3, -0.25) is 29.8 Å². The van der Waals surface area contributed by atoms with Crippen molar-refractivity contribution in [2.45, 2.75) is 39.9 Å². The predicted octanol–water partition coefficient (Wildman–Crippen LogP) is 3.99. The molecule has 2 rings (SSSR count). The van der Waals surface area contributed by atoms with E-state index in [4.69, 9.17) is 18.9 Å². The van der Waals surface area contributed by atoms with Crippen molar-refractivity contribution in [3.05, 3.63) is 67.8 Å². The highest BCUT2D eigenvalue weighted by Crippen LogP contribution is 2.28. The molecule has 0 saturated carbocycles. The summed E-state index contributed by atoms with van der Waals surface area (Å²) in [5.74, 6) is -1.48. The molecule has 0 aliphatic carbocycles. The second-order valence-electron chi connectivity index (χ2n) is 6.58. The summed E-state index contributed by atoms with van der Waals surface area (Å²) in [7, 11) is 0. The largest absolute Gasteiger partial charge is 0.519 e. The Morgan fingerprint density at radius 1 is 0.735 bits per heavy atom. The molecular weight excluding hydrogens is 456 g/mol. The Morgan fingerprint density at radius 2 is 1.12 bits per heavy atom. The van der Waals surface area contributed by atoms with Crippen molar-refractivity contribution >= 4 is 29.5 Å². The standard InChI is InChI=1S/C21H20N2O11/c1-3-19(24)31-11-13-9-15(22(27)28)5-7-17(13)33-21(26)34-18-8-6-16(23(29)30)10-14(18)12-32-20(25)4-2/h5-10H,3-4,11-12H2,1-2H3. The number of nitro benzene ring substituents is 2. The van der Waals surface area contributed by atoms with Crippen LogP contribution in [0.3, 0.4) is 0 Å². The van der Waals surface area contributed by atoms with Crippen LogP contribution in [0.1, 0.15) is 37.8 Å². The number of ether oxygens (including phenoxy) is 4. The van der Waals surface area contributed by atoms with E-state index in [1.54, 1.807) is 13.8 Å². The summed E-state index contributed by atoms with van der Waals surface area (Å²) in [5.41, 5.74) is -0.570. The topological polar surface area (TPSA) is 174 Å². The molecule has 0 aromatic heterocycles. The molecule has 0 saturated heterocycles. The van der Waals surface area contributed by atoms with Gasteiger partial charge in [-0.2, -0.15) is 0 Å². The normalized spacial score (nSPS) is 10.2. The number of non-ortho nitro benzene ring substituents is 2. The lowest BCUT2D eigenvalue weighted by atomic mass is 10.2. The molecule has 0 atom stereocenters. The lowest BCUT2D eigenvalue weighted by Gasteiger charge is -2.12. The summed E-state index contributed by atoms with van der Waals surface area (Å²) in [6.45, 7) is 2.33. The minimum Gasteiger partial charge on any atom is -0.461 e. The van der Waals surface area contributed by atoms with Crippen molar-refractivity contribution in [3.8, 4) is 11.5 Å². The van der Waals surface area contributed by atoms with Crippen molar-refractivity contribution < 1.29 is 43.2 Å². The first-order valence-electron chi connectivity index (χ1n) is 9.90. The summed E-state index contributed by atoms with van der Waals surface area (Å²) < 4.78 is 20.2. The highest BCUT2D eigenvalue weighted by molar-refractivity contribution is 5.71. The van der Waals surface area contributed by atoms with Gasteiger partial charge in [-0.05, 0) is 12.1 Å². The van der Waals surface area contributed by atoms with E-state index in [0.29, 0.717) is 0 Å². The molecule has 180 valence electrons. The Labute approximate surface area is 192 Å². The van der Waals surface area contributed by atoms with E-state index in [9.17, 15) is 34.6 Å². The van der Waals surface area contributed by atoms with Crippen molar-refractivity contribution in [1.29, 1.82) is 0 Å². The maximum Gasteiger partial charge on any atom is 0.519 e. The fourth-order valence-corrected chi connectivity index (χ4v) is 2.50. The lowest BCUT2D eigenvalue weighted by Crippen LogP contribution is -2.17. The van der Waals surface area contributed by atoms with Gasteiger partial charge in [0.15, 0.2) is 0 Å². The summed E-state index contributed by atoms with van der Waals surface area (Å²) in [4.78, 5) is 56.0. The SMILES string of the molecule is CCC(=O)OCc1cc([N+](=O)[O-])ccc1OC(=O)Oc1ccc([N+](=O)[O-])cc1COC(=O)CC. The van der Waals surface area contributed by atoms with Gasteiger partial charge < -0.3 is 18.9 Å². The third-order valence-electron chi connectivity index (χ3n) is 4.25. The second kappa shape index (κ2) is 11.9. The van der Waals surface area contributed by atoms with Gasteiger partial charge in [-0.1, -0.05) is 13.8 Å². The maximum absolute atomic E-state index is 12.4. The van der Waals surface area contributed by atoms with Crippen molar-refractivity contribution in [2.75, 3.05) is 0 Å². The monoisotopic (exact) mass is 476 g/mol. The van der Waals surface area contributed by atoms with Gasteiger partial charge in [-0.15, -0.1) is 0 Å². The summed E-state index contributed by atoms with van der Waals surface area (Å²) in [6.07, 6.45) is -1.15. The zero-order valence-corrected chi connectivity index (χ0v) is 18.2. The van der Waals surface area contributed by atoms with Gasteiger partial charge in [0.2, 0.25) is 0 Å². The molecule has 34 heavy (non-hydrogen) atoms. The highest BCUT2D eigenvalue weighted by atomic mass is 16.7. The number of benzene rings is 2. The van der Waals surface area contributed by atoms with Crippen molar-refractivity contribution in [3.63, 3.8) is 0 Å². The Hall–Kier alpha value is -4.55. The first-order chi connectivity index (χ1) is 16.1. The third kappa shape index (κ3) is 7.25. The van der Waals surface area contributed by atoms with Crippen LogP contribution < -0.4 is 9.47 Å². The van der Waals surface area contributed by atoms with E-state index < -0.39 is 41.2 Å². The molecule has 13 heteroatoms. The Kier molecular flexibility index (Phi) is 9.00. The van der Waals surface area contributed by atoms with Crippen LogP contribution in [-0.2, 0) is 32.3 Å². The zero-order chi connectivity index (χ0) is 25.3. The molecule has 0 unspecified atom stereocenters. The van der Waals surface area contributed by atoms with Gasteiger partial charge in [0, 0.05) is 48.2 Å². The molecule has 0 radical (unpaired) electrons. The van der Waals surface area contributed by atoms with Crippen LogP contribution in [0.5, 0.6) is 11.5 Å². The number of rotatable bonds is 10. The average Bonchev–Trinajstić information content (AvgIpc) is 2.81. The van der Waals surface area contributed by atoms with E-state index >= 15 is 0 Å². The summed E-state index contributed by atoms with van der Waals surface area (Å²) >= 11 is 0. The van der Waals surface area contributed by atoms with Crippen LogP contribution in [0, 0.1) is 20.2 Å². The van der Waals surface area contributed by atoms with E-state index in [-0.39, 0.29) is 46.8 Å². The fourth-order valence-electron chi connectivity index (χ4n) is 2.50. The quantitative estimate of drug-likeness (QED) is 0.210. The van der Waals surface area contributed by atoms with Crippen LogP contribution in [0.4, 0.5) is 16.2 Å². The molecule has 0 bridgehead atoms. The molecule has 0 fully saturated rings. The number of hydrogen-bond acceptors (Lipinski definition) is 11. The van der Waals surface area contributed by atoms with Crippen LogP contribution in [-0.4, -0.2) is 27.9 Å². The molecule has 13 nitrogen and oxygen atoms in total. The summed E-state index contributed by atoms with van der Waals surface area (Å²) in [6, 6.07) is 6.58. The smallest absolute Gasteiger partial charge is 0.461 e. The Morgan fingerprint density at radius 3 is 1.44 bits per heavy atom. The van der Waals surface area contributed by atoms with Crippen molar-refractivity contribution in [1.82, 2.24) is 0 Å². The maximum atomic E-state index is 12.4. The number of carbonyl (C=O) groups is 3. The molecule has 0 amide bonds. The number of nitro groups is 2. The van der Waals surface area contributed by atoms with Gasteiger partial charge in [0.1, 0.15) is 24.7 Å². The third-order valence-corrected chi connectivity index (χ3v) is 4.25. The second-order valence-corrected chi connectivity index (χ2v) is 6.58. The first kappa shape index (κ1) is 25.7. The van der Waals surface area contributed by atoms with E-state index in [0.717, 1.165) is 36.4 Å². The lowest BCUT2D eigenvalue weighted by molar-refractivity contribution is -0.385. The molecule has 0 N–H and O–H groups in total. The Balaban J connectivity index is 2.25. The predicted molar refractivity (Wildman–Crippen MR) is 113 cm³/mol. The van der Waals surface area contributed by atoms with Crippen LogP contribution in [0.25, 0.3) is 0 Å². The van der Waals surface area contributed by atoms with Crippen molar-refractivity contribution in [2.24, 2.45) is 0 Å².